The van der Waals surface area contributed by atoms with Gasteiger partial charge in [0.25, 0.3) is 0 Å². The van der Waals surface area contributed by atoms with E-state index < -0.39 is 4.92 Å². The Morgan fingerprint density at radius 1 is 1.42 bits per heavy atom. The van der Waals surface area contributed by atoms with Crippen molar-refractivity contribution in [3.8, 4) is 0 Å². The summed E-state index contributed by atoms with van der Waals surface area (Å²) in [5, 5.41) is 22.7. The Balaban J connectivity index is 2.52. The fourth-order valence-corrected chi connectivity index (χ4v) is 1.96. The predicted molar refractivity (Wildman–Crippen MR) is 74.1 cm³/mol. The molecule has 8 heteroatoms. The van der Waals surface area contributed by atoms with Gasteiger partial charge in [-0.1, -0.05) is 0 Å². The second-order valence-corrected chi connectivity index (χ2v) is 4.72. The number of pyridine rings is 2. The number of rotatable bonds is 5. The number of nitrogens with zero attached hydrogens (tertiary/aromatic N) is 3. The number of fused-ring (bicyclic) bond motifs is 1. The molecular formula is C11H11BrN4O3. The summed E-state index contributed by atoms with van der Waals surface area (Å²) in [6.45, 7) is 0.441. The van der Waals surface area contributed by atoms with Gasteiger partial charge in [-0.2, -0.15) is 0 Å². The van der Waals surface area contributed by atoms with E-state index in [1.165, 1.54) is 6.20 Å². The average molecular weight is 327 g/mol. The molecule has 0 fully saturated rings. The van der Waals surface area contributed by atoms with Gasteiger partial charge in [0.1, 0.15) is 17.4 Å². The van der Waals surface area contributed by atoms with Crippen molar-refractivity contribution in [3.63, 3.8) is 0 Å². The lowest BCUT2D eigenvalue weighted by Crippen LogP contribution is -2.07. The fraction of sp³-hybridized carbons (Fsp3) is 0.273. The Morgan fingerprint density at radius 3 is 2.89 bits per heavy atom. The van der Waals surface area contributed by atoms with Gasteiger partial charge in [-0.15, -0.1) is 0 Å². The summed E-state index contributed by atoms with van der Waals surface area (Å²) in [6.07, 6.45) is 3.26. The Bertz CT molecular complexity index is 620. The van der Waals surface area contributed by atoms with Crippen LogP contribution in [0.15, 0.2) is 22.9 Å². The molecule has 0 amide bonds. The number of nitro groups is 1. The zero-order chi connectivity index (χ0) is 13.8. The van der Waals surface area contributed by atoms with Crippen LogP contribution >= 0.6 is 15.9 Å². The van der Waals surface area contributed by atoms with E-state index in [9.17, 15) is 10.1 Å². The van der Waals surface area contributed by atoms with E-state index in [1.54, 1.807) is 12.3 Å². The Morgan fingerprint density at radius 2 is 2.21 bits per heavy atom. The zero-order valence-corrected chi connectivity index (χ0v) is 11.4. The molecule has 0 radical (unpaired) electrons. The van der Waals surface area contributed by atoms with E-state index in [0.717, 1.165) is 4.47 Å². The number of nitrogens with one attached hydrogen (secondary N) is 1. The van der Waals surface area contributed by atoms with Crippen molar-refractivity contribution in [2.24, 2.45) is 0 Å². The fourth-order valence-electron chi connectivity index (χ4n) is 1.64. The minimum Gasteiger partial charge on any atom is -0.396 e. The highest BCUT2D eigenvalue weighted by molar-refractivity contribution is 9.10. The average Bonchev–Trinajstić information content (AvgIpc) is 2.38. The summed E-state index contributed by atoms with van der Waals surface area (Å²) in [6, 6.07) is 1.74. The monoisotopic (exact) mass is 326 g/mol. The van der Waals surface area contributed by atoms with Crippen molar-refractivity contribution in [2.45, 2.75) is 6.42 Å². The van der Waals surface area contributed by atoms with Crippen molar-refractivity contribution in [1.29, 1.82) is 0 Å². The summed E-state index contributed by atoms with van der Waals surface area (Å²) in [7, 11) is 0. The maximum absolute atomic E-state index is 11.0. The third kappa shape index (κ3) is 2.96. The molecule has 2 aromatic heterocycles. The van der Waals surface area contributed by atoms with Crippen LogP contribution in [-0.4, -0.2) is 33.1 Å². The van der Waals surface area contributed by atoms with E-state index in [-0.39, 0.29) is 12.3 Å². The minimum atomic E-state index is -0.503. The quantitative estimate of drug-likeness (QED) is 0.495. The van der Waals surface area contributed by atoms with E-state index in [4.69, 9.17) is 5.11 Å². The molecule has 0 saturated heterocycles. The van der Waals surface area contributed by atoms with E-state index >= 15 is 0 Å². The number of hydrogen-bond donors (Lipinski definition) is 2. The first-order chi connectivity index (χ1) is 9.13. The van der Waals surface area contributed by atoms with Gasteiger partial charge in [0.05, 0.1) is 10.4 Å². The molecule has 2 rings (SSSR count). The molecule has 2 N–H and O–H groups in total. The van der Waals surface area contributed by atoms with Crippen molar-refractivity contribution < 1.29 is 10.0 Å². The van der Waals surface area contributed by atoms with E-state index in [0.29, 0.717) is 29.7 Å². The molecular weight excluding hydrogens is 316 g/mol. The minimum absolute atomic E-state index is 0.0167. The predicted octanol–water partition coefficient (Wildman–Crippen LogP) is 2.09. The summed E-state index contributed by atoms with van der Waals surface area (Å²) >= 11 is 3.28. The topological polar surface area (TPSA) is 101 Å². The molecule has 0 spiro atoms. The highest BCUT2D eigenvalue weighted by Crippen LogP contribution is 2.31. The SMILES string of the molecule is O=[N+]([O-])c1cnc2cc(Br)cnc2c1NCCCO. The third-order valence-corrected chi connectivity index (χ3v) is 2.92. The van der Waals surface area contributed by atoms with Gasteiger partial charge >= 0.3 is 5.69 Å². The van der Waals surface area contributed by atoms with Gasteiger partial charge in [0.2, 0.25) is 0 Å². The molecule has 7 nitrogen and oxygen atoms in total. The second kappa shape index (κ2) is 5.89. The molecule has 0 aliphatic rings. The Kier molecular flexibility index (Phi) is 4.23. The normalized spacial score (nSPS) is 10.6. The number of aliphatic hydroxyl groups excluding tert-OH is 1. The van der Waals surface area contributed by atoms with Crippen molar-refractivity contribution in [3.05, 3.63) is 33.0 Å². The number of hydrogen-bond acceptors (Lipinski definition) is 6. The second-order valence-electron chi connectivity index (χ2n) is 3.80. The Hall–Kier alpha value is -1.80. The lowest BCUT2D eigenvalue weighted by Gasteiger charge is -2.08. The van der Waals surface area contributed by atoms with E-state index in [1.807, 2.05) is 0 Å². The molecule has 2 aromatic rings. The van der Waals surface area contributed by atoms with Crippen LogP contribution in [0.25, 0.3) is 11.0 Å². The van der Waals surface area contributed by atoms with Gasteiger partial charge < -0.3 is 10.4 Å². The molecule has 0 aliphatic heterocycles. The summed E-state index contributed by atoms with van der Waals surface area (Å²) in [4.78, 5) is 18.7. The van der Waals surface area contributed by atoms with Crippen LogP contribution in [0.2, 0.25) is 0 Å². The number of aromatic nitrogens is 2. The summed E-state index contributed by atoms with van der Waals surface area (Å²) in [5.41, 5.74) is 1.21. The van der Waals surface area contributed by atoms with Crippen LogP contribution in [0.3, 0.4) is 0 Å². The van der Waals surface area contributed by atoms with Gasteiger partial charge in [-0.3, -0.25) is 15.1 Å². The maximum Gasteiger partial charge on any atom is 0.312 e. The molecule has 0 bridgehead atoms. The van der Waals surface area contributed by atoms with Crippen LogP contribution in [0, 0.1) is 10.1 Å². The largest absolute Gasteiger partial charge is 0.396 e. The molecule has 19 heavy (non-hydrogen) atoms. The van der Waals surface area contributed by atoms with Gasteiger partial charge in [-0.05, 0) is 28.4 Å². The molecule has 0 unspecified atom stereocenters. The molecule has 100 valence electrons. The number of halogens is 1. The van der Waals surface area contributed by atoms with Crippen molar-refractivity contribution >= 4 is 38.3 Å². The van der Waals surface area contributed by atoms with Crippen LogP contribution in [0.1, 0.15) is 6.42 Å². The van der Waals surface area contributed by atoms with Crippen molar-refractivity contribution in [1.82, 2.24) is 9.97 Å². The smallest absolute Gasteiger partial charge is 0.312 e. The van der Waals surface area contributed by atoms with Crippen molar-refractivity contribution in [2.75, 3.05) is 18.5 Å². The third-order valence-electron chi connectivity index (χ3n) is 2.49. The van der Waals surface area contributed by atoms with Crippen LogP contribution in [-0.2, 0) is 0 Å². The standard InChI is InChI=1S/C11H11BrN4O3/c12-7-4-8-10(15-5-7)11(13-2-1-3-17)9(6-14-8)16(18)19/h4-6,17H,1-3H2,(H,13,14). The first kappa shape index (κ1) is 13.6. The Labute approximate surface area is 117 Å². The molecule has 2 heterocycles. The molecule has 0 atom stereocenters. The summed E-state index contributed by atoms with van der Waals surface area (Å²) in [5.74, 6) is 0. The number of anilines is 1. The maximum atomic E-state index is 11.0. The lowest BCUT2D eigenvalue weighted by atomic mass is 10.2. The molecule has 0 saturated carbocycles. The summed E-state index contributed by atoms with van der Waals surface area (Å²) < 4.78 is 0.752. The first-order valence-electron chi connectivity index (χ1n) is 5.57. The van der Waals surface area contributed by atoms with Crippen LogP contribution in [0.5, 0.6) is 0 Å². The first-order valence-corrected chi connectivity index (χ1v) is 6.36. The lowest BCUT2D eigenvalue weighted by molar-refractivity contribution is -0.384. The molecule has 0 aromatic carbocycles. The van der Waals surface area contributed by atoms with Crippen LogP contribution in [0.4, 0.5) is 11.4 Å². The highest BCUT2D eigenvalue weighted by Gasteiger charge is 2.18. The van der Waals surface area contributed by atoms with Crippen LogP contribution < -0.4 is 5.32 Å². The van der Waals surface area contributed by atoms with Gasteiger partial charge in [0, 0.05) is 23.8 Å². The van der Waals surface area contributed by atoms with E-state index in [2.05, 4.69) is 31.2 Å². The number of aliphatic hydroxyl groups is 1. The molecule has 0 aliphatic carbocycles. The van der Waals surface area contributed by atoms with Gasteiger partial charge in [0.15, 0.2) is 0 Å². The van der Waals surface area contributed by atoms with Gasteiger partial charge in [-0.25, -0.2) is 4.98 Å². The highest BCUT2D eigenvalue weighted by atomic mass is 79.9. The zero-order valence-electron chi connectivity index (χ0n) is 9.84.